The smallest absolute Gasteiger partial charge is 0.0695 e. The van der Waals surface area contributed by atoms with Gasteiger partial charge in [0.15, 0.2) is 0 Å². The zero-order valence-corrected chi connectivity index (χ0v) is 10.9. The Morgan fingerprint density at radius 2 is 1.69 bits per heavy atom. The zero-order chi connectivity index (χ0) is 11.6. The van der Waals surface area contributed by atoms with Gasteiger partial charge < -0.3 is 5.11 Å². The Labute approximate surface area is 100 Å². The highest BCUT2D eigenvalue weighted by molar-refractivity contribution is 4.98. The van der Waals surface area contributed by atoms with E-state index in [0.717, 1.165) is 6.42 Å². The maximum atomic E-state index is 10.2. The number of rotatable bonds is 3. The molecule has 1 aliphatic carbocycles. The summed E-state index contributed by atoms with van der Waals surface area (Å²) in [5.41, 5.74) is 0.575. The minimum absolute atomic E-state index is 0.0609. The standard InChI is InChI=1S/C14H27NO/c1-3-14(4-2)10-15(11-14)12-8-6-5-7-9-13(12)16/h12-13,16H,3-11H2,1-2H3. The fourth-order valence-corrected chi connectivity index (χ4v) is 3.44. The Balaban J connectivity index is 1.89. The maximum absolute atomic E-state index is 10.2. The monoisotopic (exact) mass is 225 g/mol. The molecule has 16 heavy (non-hydrogen) atoms. The molecule has 0 radical (unpaired) electrons. The Morgan fingerprint density at radius 1 is 1.06 bits per heavy atom. The van der Waals surface area contributed by atoms with E-state index in [4.69, 9.17) is 0 Å². The van der Waals surface area contributed by atoms with Gasteiger partial charge in [-0.3, -0.25) is 4.90 Å². The summed E-state index contributed by atoms with van der Waals surface area (Å²) in [7, 11) is 0. The Morgan fingerprint density at radius 3 is 2.31 bits per heavy atom. The summed E-state index contributed by atoms with van der Waals surface area (Å²) >= 11 is 0. The summed E-state index contributed by atoms with van der Waals surface area (Å²) in [5.74, 6) is 0. The first-order valence-corrected chi connectivity index (χ1v) is 7.13. The summed E-state index contributed by atoms with van der Waals surface area (Å²) in [6.07, 6.45) is 8.60. The van der Waals surface area contributed by atoms with Gasteiger partial charge in [-0.1, -0.05) is 33.1 Å². The summed E-state index contributed by atoms with van der Waals surface area (Å²) in [6, 6.07) is 0.466. The molecule has 2 unspecified atom stereocenters. The summed E-state index contributed by atoms with van der Waals surface area (Å²) in [4.78, 5) is 2.54. The molecule has 0 aromatic rings. The molecule has 2 fully saturated rings. The lowest BCUT2D eigenvalue weighted by molar-refractivity contribution is -0.0751. The van der Waals surface area contributed by atoms with Gasteiger partial charge in [-0.05, 0) is 31.1 Å². The van der Waals surface area contributed by atoms with Crippen LogP contribution in [0.25, 0.3) is 0 Å². The second-order valence-corrected chi connectivity index (χ2v) is 5.88. The van der Waals surface area contributed by atoms with E-state index in [1.807, 2.05) is 0 Å². The van der Waals surface area contributed by atoms with E-state index >= 15 is 0 Å². The Hall–Kier alpha value is -0.0800. The van der Waals surface area contributed by atoms with Crippen molar-refractivity contribution in [1.29, 1.82) is 0 Å². The van der Waals surface area contributed by atoms with E-state index in [1.165, 1.54) is 51.6 Å². The molecule has 1 aliphatic heterocycles. The van der Waals surface area contributed by atoms with Crippen molar-refractivity contribution < 1.29 is 5.11 Å². The molecule has 0 amide bonds. The molecule has 2 heteroatoms. The molecule has 1 saturated carbocycles. The molecule has 0 aromatic carbocycles. The molecule has 2 aliphatic rings. The van der Waals surface area contributed by atoms with Crippen LogP contribution in [0, 0.1) is 5.41 Å². The summed E-state index contributed by atoms with van der Waals surface area (Å²) in [6.45, 7) is 7.07. The molecule has 0 bridgehead atoms. The van der Waals surface area contributed by atoms with Crippen molar-refractivity contribution in [2.24, 2.45) is 5.41 Å². The quantitative estimate of drug-likeness (QED) is 0.747. The van der Waals surface area contributed by atoms with Crippen LogP contribution in [0.2, 0.25) is 0 Å². The third kappa shape index (κ3) is 2.28. The van der Waals surface area contributed by atoms with Gasteiger partial charge in [0.1, 0.15) is 0 Å². The molecule has 1 saturated heterocycles. The van der Waals surface area contributed by atoms with E-state index < -0.39 is 0 Å². The molecular weight excluding hydrogens is 198 g/mol. The first kappa shape index (κ1) is 12.4. The lowest BCUT2D eigenvalue weighted by Crippen LogP contribution is -2.61. The maximum Gasteiger partial charge on any atom is 0.0695 e. The molecule has 94 valence electrons. The van der Waals surface area contributed by atoms with Crippen LogP contribution in [-0.2, 0) is 0 Å². The molecule has 1 N–H and O–H groups in total. The number of likely N-dealkylation sites (tertiary alicyclic amines) is 1. The number of hydrogen-bond acceptors (Lipinski definition) is 2. The van der Waals surface area contributed by atoms with Crippen LogP contribution in [0.4, 0.5) is 0 Å². The van der Waals surface area contributed by atoms with E-state index in [9.17, 15) is 5.11 Å². The Kier molecular flexibility index (Phi) is 3.91. The molecule has 2 rings (SSSR count). The average molecular weight is 225 g/mol. The number of hydrogen-bond donors (Lipinski definition) is 1. The second-order valence-electron chi connectivity index (χ2n) is 5.88. The van der Waals surface area contributed by atoms with E-state index in [2.05, 4.69) is 18.7 Å². The van der Waals surface area contributed by atoms with Gasteiger partial charge in [0.05, 0.1) is 6.10 Å². The van der Waals surface area contributed by atoms with Crippen molar-refractivity contribution in [3.63, 3.8) is 0 Å². The van der Waals surface area contributed by atoms with Crippen molar-refractivity contribution in [3.8, 4) is 0 Å². The third-order valence-corrected chi connectivity index (χ3v) is 4.99. The van der Waals surface area contributed by atoms with Crippen LogP contribution in [0.15, 0.2) is 0 Å². The summed E-state index contributed by atoms with van der Waals surface area (Å²) < 4.78 is 0. The van der Waals surface area contributed by atoms with E-state index in [0.29, 0.717) is 11.5 Å². The van der Waals surface area contributed by atoms with Crippen molar-refractivity contribution in [2.75, 3.05) is 13.1 Å². The van der Waals surface area contributed by atoms with Gasteiger partial charge in [0, 0.05) is 19.1 Å². The minimum atomic E-state index is -0.0609. The van der Waals surface area contributed by atoms with Crippen LogP contribution < -0.4 is 0 Å². The third-order valence-electron chi connectivity index (χ3n) is 4.99. The molecule has 2 nitrogen and oxygen atoms in total. The van der Waals surface area contributed by atoms with Crippen LogP contribution in [0.5, 0.6) is 0 Å². The van der Waals surface area contributed by atoms with Crippen molar-refractivity contribution in [3.05, 3.63) is 0 Å². The van der Waals surface area contributed by atoms with Crippen LogP contribution >= 0.6 is 0 Å². The van der Waals surface area contributed by atoms with Crippen molar-refractivity contribution in [2.45, 2.75) is 70.9 Å². The average Bonchev–Trinajstić information content (AvgIpc) is 2.44. The van der Waals surface area contributed by atoms with Gasteiger partial charge in [-0.25, -0.2) is 0 Å². The lowest BCUT2D eigenvalue weighted by atomic mass is 9.74. The number of aliphatic hydroxyl groups is 1. The predicted octanol–water partition coefficient (Wildman–Crippen LogP) is 2.80. The van der Waals surface area contributed by atoms with Gasteiger partial charge in [0.25, 0.3) is 0 Å². The molecule has 2 atom stereocenters. The predicted molar refractivity (Wildman–Crippen MR) is 67.5 cm³/mol. The molecular formula is C14H27NO. The van der Waals surface area contributed by atoms with E-state index in [-0.39, 0.29) is 6.10 Å². The fraction of sp³-hybridized carbons (Fsp3) is 1.00. The molecule has 0 aromatic heterocycles. The fourth-order valence-electron chi connectivity index (χ4n) is 3.44. The first-order chi connectivity index (χ1) is 7.71. The van der Waals surface area contributed by atoms with Crippen molar-refractivity contribution in [1.82, 2.24) is 4.90 Å². The van der Waals surface area contributed by atoms with Crippen molar-refractivity contribution >= 4 is 0 Å². The number of aliphatic hydroxyl groups excluding tert-OH is 1. The van der Waals surface area contributed by atoms with Gasteiger partial charge in [-0.2, -0.15) is 0 Å². The van der Waals surface area contributed by atoms with Crippen LogP contribution in [-0.4, -0.2) is 35.2 Å². The largest absolute Gasteiger partial charge is 0.391 e. The molecule has 0 spiro atoms. The normalized spacial score (nSPS) is 35.4. The van der Waals surface area contributed by atoms with E-state index in [1.54, 1.807) is 0 Å². The Bertz CT molecular complexity index is 217. The topological polar surface area (TPSA) is 23.5 Å². The highest BCUT2D eigenvalue weighted by Gasteiger charge is 2.44. The first-order valence-electron chi connectivity index (χ1n) is 7.13. The summed E-state index contributed by atoms with van der Waals surface area (Å²) in [5, 5.41) is 10.2. The SMILES string of the molecule is CCC1(CC)CN(C2CCCCCC2O)C1. The second kappa shape index (κ2) is 5.05. The number of nitrogens with zero attached hydrogens (tertiary/aromatic N) is 1. The van der Waals surface area contributed by atoms with Gasteiger partial charge >= 0.3 is 0 Å². The molecule has 1 heterocycles. The van der Waals surface area contributed by atoms with Gasteiger partial charge in [0.2, 0.25) is 0 Å². The highest BCUT2D eigenvalue weighted by atomic mass is 16.3. The van der Waals surface area contributed by atoms with Crippen LogP contribution in [0.1, 0.15) is 58.8 Å². The highest BCUT2D eigenvalue weighted by Crippen LogP contribution is 2.40. The minimum Gasteiger partial charge on any atom is -0.391 e. The lowest BCUT2D eigenvalue weighted by Gasteiger charge is -2.54. The zero-order valence-electron chi connectivity index (χ0n) is 10.9. The van der Waals surface area contributed by atoms with Crippen LogP contribution in [0.3, 0.4) is 0 Å². The van der Waals surface area contributed by atoms with Gasteiger partial charge in [-0.15, -0.1) is 0 Å².